The average Bonchev–Trinajstić information content (AvgIpc) is 2.81. The topological polar surface area (TPSA) is 58.6 Å². The first kappa shape index (κ1) is 23.6. The van der Waals surface area contributed by atoms with Gasteiger partial charge in [0.1, 0.15) is 5.75 Å². The van der Waals surface area contributed by atoms with E-state index in [1.165, 1.54) is 23.3 Å². The summed E-state index contributed by atoms with van der Waals surface area (Å²) in [6.07, 6.45) is 0. The summed E-state index contributed by atoms with van der Waals surface area (Å²) < 4.78 is 5.57. The van der Waals surface area contributed by atoms with Crippen LogP contribution in [-0.4, -0.2) is 53.8 Å². The predicted octanol–water partition coefficient (Wildman–Crippen LogP) is 5.45. The Morgan fingerprint density at radius 1 is 0.909 bits per heavy atom. The van der Waals surface area contributed by atoms with Gasteiger partial charge in [-0.1, -0.05) is 58.6 Å². The minimum Gasteiger partial charge on any atom is -0.482 e. The molecule has 6 nitrogen and oxygen atoms in total. The van der Waals surface area contributed by atoms with Crippen LogP contribution in [0.5, 0.6) is 5.75 Å². The molecule has 3 aromatic rings. The predicted molar refractivity (Wildman–Crippen MR) is 133 cm³/mol. The number of benzene rings is 2. The van der Waals surface area contributed by atoms with Crippen molar-refractivity contribution >= 4 is 46.5 Å². The molecule has 0 spiro atoms. The lowest BCUT2D eigenvalue weighted by Gasteiger charge is -2.35. The van der Waals surface area contributed by atoms with Crippen molar-refractivity contribution in [1.29, 1.82) is 0 Å². The van der Waals surface area contributed by atoms with Crippen LogP contribution in [0.2, 0.25) is 15.1 Å². The molecule has 0 aliphatic carbocycles. The summed E-state index contributed by atoms with van der Waals surface area (Å²) in [4.78, 5) is 16.5. The summed E-state index contributed by atoms with van der Waals surface area (Å²) >= 11 is 18.0. The smallest absolute Gasteiger partial charge is 0.260 e. The molecule has 0 radical (unpaired) electrons. The maximum absolute atomic E-state index is 12.6. The Morgan fingerprint density at radius 2 is 1.64 bits per heavy atom. The second-order valence-electron chi connectivity index (χ2n) is 7.95. The molecule has 1 aliphatic heterocycles. The summed E-state index contributed by atoms with van der Waals surface area (Å²) in [6.45, 7) is 6.49. The molecule has 33 heavy (non-hydrogen) atoms. The highest BCUT2D eigenvalue weighted by Crippen LogP contribution is 2.33. The number of carbonyl (C=O) groups excluding carboxylic acids is 1. The lowest BCUT2D eigenvalue weighted by molar-refractivity contribution is -0.133. The molecule has 1 amide bonds. The van der Waals surface area contributed by atoms with Gasteiger partial charge in [0.2, 0.25) is 0 Å². The molecule has 1 aromatic heterocycles. The van der Waals surface area contributed by atoms with E-state index in [9.17, 15) is 4.79 Å². The van der Waals surface area contributed by atoms with Crippen molar-refractivity contribution in [3.05, 3.63) is 68.7 Å². The van der Waals surface area contributed by atoms with Crippen molar-refractivity contribution in [2.75, 3.05) is 37.7 Å². The third kappa shape index (κ3) is 5.52. The van der Waals surface area contributed by atoms with E-state index in [2.05, 4.69) is 47.1 Å². The summed E-state index contributed by atoms with van der Waals surface area (Å²) in [5, 5.41) is 9.82. The Bertz CT molecular complexity index is 1160. The van der Waals surface area contributed by atoms with Gasteiger partial charge in [-0.05, 0) is 37.6 Å². The number of aryl methyl sites for hydroxylation is 2. The van der Waals surface area contributed by atoms with Crippen LogP contribution in [-0.2, 0) is 4.79 Å². The van der Waals surface area contributed by atoms with Gasteiger partial charge in [0.05, 0.1) is 20.8 Å². The normalized spacial score (nSPS) is 13.8. The first-order valence-electron chi connectivity index (χ1n) is 10.5. The number of aromatic nitrogens is 2. The molecule has 2 aromatic carbocycles. The first-order valence-corrected chi connectivity index (χ1v) is 11.7. The zero-order valence-electron chi connectivity index (χ0n) is 18.3. The molecule has 0 atom stereocenters. The molecule has 1 aliphatic rings. The van der Waals surface area contributed by atoms with Gasteiger partial charge in [0, 0.05) is 37.8 Å². The Morgan fingerprint density at radius 3 is 2.30 bits per heavy atom. The highest BCUT2D eigenvalue weighted by molar-refractivity contribution is 6.43. The van der Waals surface area contributed by atoms with Crippen LogP contribution >= 0.6 is 34.8 Å². The van der Waals surface area contributed by atoms with Crippen molar-refractivity contribution < 1.29 is 9.53 Å². The molecule has 2 heterocycles. The molecule has 0 bridgehead atoms. The van der Waals surface area contributed by atoms with Gasteiger partial charge in [0.25, 0.3) is 5.91 Å². The number of ether oxygens (including phenoxy) is 1. The zero-order valence-corrected chi connectivity index (χ0v) is 20.6. The number of rotatable bonds is 5. The van der Waals surface area contributed by atoms with Gasteiger partial charge in [0.15, 0.2) is 12.4 Å². The Balaban J connectivity index is 1.32. The summed E-state index contributed by atoms with van der Waals surface area (Å²) in [7, 11) is 0. The van der Waals surface area contributed by atoms with Gasteiger partial charge < -0.3 is 14.5 Å². The average molecular weight is 506 g/mol. The molecule has 1 fully saturated rings. The number of carbonyl (C=O) groups is 1. The minimum absolute atomic E-state index is 0.118. The number of amides is 1. The molecule has 0 saturated carbocycles. The minimum atomic E-state index is -0.123. The van der Waals surface area contributed by atoms with Crippen LogP contribution in [0.4, 0.5) is 5.82 Å². The highest BCUT2D eigenvalue weighted by atomic mass is 35.5. The van der Waals surface area contributed by atoms with E-state index < -0.39 is 0 Å². The van der Waals surface area contributed by atoms with E-state index >= 15 is 0 Å². The molecule has 9 heteroatoms. The lowest BCUT2D eigenvalue weighted by Crippen LogP contribution is -2.50. The monoisotopic (exact) mass is 504 g/mol. The third-order valence-electron chi connectivity index (χ3n) is 5.59. The van der Waals surface area contributed by atoms with Crippen LogP contribution in [0.25, 0.3) is 11.3 Å². The molecule has 0 unspecified atom stereocenters. The van der Waals surface area contributed by atoms with E-state index in [-0.39, 0.29) is 12.5 Å². The van der Waals surface area contributed by atoms with Crippen molar-refractivity contribution in [2.45, 2.75) is 13.8 Å². The van der Waals surface area contributed by atoms with Crippen LogP contribution in [0.15, 0.2) is 42.5 Å². The van der Waals surface area contributed by atoms with Gasteiger partial charge in [-0.2, -0.15) is 0 Å². The fraction of sp³-hybridized carbons (Fsp3) is 0.292. The van der Waals surface area contributed by atoms with Gasteiger partial charge in [-0.3, -0.25) is 4.79 Å². The highest BCUT2D eigenvalue weighted by Gasteiger charge is 2.23. The van der Waals surface area contributed by atoms with Crippen molar-refractivity contribution in [1.82, 2.24) is 15.1 Å². The molecular formula is C24H23Cl3N4O2. The standard InChI is InChI=1S/C24H23Cl3N4O2/c1-15-3-4-17(16(2)11-15)21-5-6-23(29-28-21)30-7-9-31(10-8-30)24(32)14-33-22-13-19(26)18(25)12-20(22)27/h3-6,11-13H,7-10,14H2,1-2H3. The van der Waals surface area contributed by atoms with E-state index in [0.717, 1.165) is 17.1 Å². The number of piperazine rings is 1. The fourth-order valence-corrected chi connectivity index (χ4v) is 4.36. The second-order valence-corrected chi connectivity index (χ2v) is 9.17. The van der Waals surface area contributed by atoms with Crippen LogP contribution in [0.1, 0.15) is 11.1 Å². The largest absolute Gasteiger partial charge is 0.482 e. The van der Waals surface area contributed by atoms with Gasteiger partial charge in [-0.25, -0.2) is 0 Å². The summed E-state index contributed by atoms with van der Waals surface area (Å²) in [5.41, 5.74) is 4.33. The molecule has 4 rings (SSSR count). The Labute approximate surface area is 208 Å². The van der Waals surface area contributed by atoms with Gasteiger partial charge >= 0.3 is 0 Å². The van der Waals surface area contributed by atoms with Crippen molar-refractivity contribution in [3.8, 4) is 17.0 Å². The van der Waals surface area contributed by atoms with E-state index in [1.54, 1.807) is 4.90 Å². The van der Waals surface area contributed by atoms with E-state index in [1.807, 2.05) is 12.1 Å². The Hall–Kier alpha value is -2.54. The lowest BCUT2D eigenvalue weighted by atomic mass is 10.0. The van der Waals surface area contributed by atoms with Crippen LogP contribution in [0.3, 0.4) is 0 Å². The first-order chi connectivity index (χ1) is 15.8. The van der Waals surface area contributed by atoms with Gasteiger partial charge in [-0.15, -0.1) is 10.2 Å². The zero-order chi connectivity index (χ0) is 23.5. The molecular weight excluding hydrogens is 483 g/mol. The second kappa shape index (κ2) is 10.2. The van der Waals surface area contributed by atoms with Crippen molar-refractivity contribution in [2.24, 2.45) is 0 Å². The number of halogens is 3. The fourth-order valence-electron chi connectivity index (χ4n) is 3.77. The van der Waals surface area contributed by atoms with E-state index in [0.29, 0.717) is 47.0 Å². The third-order valence-corrected chi connectivity index (χ3v) is 6.61. The Kier molecular flexibility index (Phi) is 7.27. The van der Waals surface area contributed by atoms with Crippen LogP contribution in [0, 0.1) is 13.8 Å². The summed E-state index contributed by atoms with van der Waals surface area (Å²) in [6, 6.07) is 13.3. The number of nitrogens with zero attached hydrogens (tertiary/aromatic N) is 4. The quantitative estimate of drug-likeness (QED) is 0.432. The SMILES string of the molecule is Cc1ccc(-c2ccc(N3CCN(C(=O)COc4cc(Cl)c(Cl)cc4Cl)CC3)nn2)c(C)c1. The summed E-state index contributed by atoms with van der Waals surface area (Å²) in [5.74, 6) is 1.01. The van der Waals surface area contributed by atoms with Crippen LogP contribution < -0.4 is 9.64 Å². The maximum Gasteiger partial charge on any atom is 0.260 e. The number of hydrogen-bond donors (Lipinski definition) is 0. The molecule has 1 saturated heterocycles. The molecule has 172 valence electrons. The maximum atomic E-state index is 12.6. The van der Waals surface area contributed by atoms with Crippen molar-refractivity contribution in [3.63, 3.8) is 0 Å². The van der Waals surface area contributed by atoms with E-state index in [4.69, 9.17) is 39.5 Å². The molecule has 0 N–H and O–H groups in total. The number of hydrogen-bond acceptors (Lipinski definition) is 5. The number of anilines is 1.